The molecule has 1 aromatic heterocycles. The van der Waals surface area contributed by atoms with Gasteiger partial charge in [0.05, 0.1) is 19.3 Å². The van der Waals surface area contributed by atoms with Crippen LogP contribution in [0.25, 0.3) is 0 Å². The predicted octanol–water partition coefficient (Wildman–Crippen LogP) is 3.14. The van der Waals surface area contributed by atoms with Gasteiger partial charge in [0.15, 0.2) is 0 Å². The Kier molecular flexibility index (Phi) is 9.88. The van der Waals surface area contributed by atoms with E-state index in [0.717, 1.165) is 23.2 Å². The number of benzene rings is 2. The van der Waals surface area contributed by atoms with Gasteiger partial charge in [0, 0.05) is 61.8 Å². The third-order valence-corrected chi connectivity index (χ3v) is 6.71. The highest BCUT2D eigenvalue weighted by atomic mass is 16.5. The van der Waals surface area contributed by atoms with Gasteiger partial charge in [-0.05, 0) is 49.1 Å². The van der Waals surface area contributed by atoms with Crippen LogP contribution in [0.15, 0.2) is 66.9 Å². The molecule has 1 fully saturated rings. The number of rotatable bonds is 13. The minimum absolute atomic E-state index is 0.0607. The number of nitrogens with one attached hydrogen (secondary N) is 3. The number of ether oxygens (including phenoxy) is 1. The van der Waals surface area contributed by atoms with E-state index >= 15 is 0 Å². The molecule has 1 aliphatic heterocycles. The fourth-order valence-corrected chi connectivity index (χ4v) is 4.67. The average Bonchev–Trinajstić information content (AvgIpc) is 3.39. The number of nitrogens with zero attached hydrogens (tertiary/aromatic N) is 2. The number of aliphatic hydroxyl groups excluding tert-OH is 1. The maximum atomic E-state index is 13.5. The van der Waals surface area contributed by atoms with Gasteiger partial charge in [0.2, 0.25) is 11.8 Å². The Labute approximate surface area is 229 Å². The molecule has 2 heterocycles. The van der Waals surface area contributed by atoms with Gasteiger partial charge < -0.3 is 30.7 Å². The van der Waals surface area contributed by atoms with Crippen LogP contribution in [0.1, 0.15) is 41.3 Å². The molecule has 2 aromatic carbocycles. The van der Waals surface area contributed by atoms with Crippen molar-refractivity contribution < 1.29 is 19.4 Å². The number of aliphatic hydroxyl groups is 1. The summed E-state index contributed by atoms with van der Waals surface area (Å²) in [5.41, 5.74) is 3.87. The Bertz CT molecular complexity index is 1240. The van der Waals surface area contributed by atoms with Crippen LogP contribution in [-0.2, 0) is 17.8 Å². The third-order valence-electron chi connectivity index (χ3n) is 6.71. The lowest BCUT2D eigenvalue weighted by atomic mass is 10.00. The molecular weight excluding hydrogens is 494 g/mol. The van der Waals surface area contributed by atoms with Crippen molar-refractivity contribution in [2.24, 2.45) is 0 Å². The number of hydrogen-bond acceptors (Lipinski definition) is 7. The fourth-order valence-electron chi connectivity index (χ4n) is 4.67. The number of methoxy groups -OCH3 is 1. The number of carbonyl (C=O) groups is 2. The zero-order valence-electron chi connectivity index (χ0n) is 22.5. The van der Waals surface area contributed by atoms with Crippen molar-refractivity contribution in [2.75, 3.05) is 37.0 Å². The van der Waals surface area contributed by atoms with Gasteiger partial charge in [-0.15, -0.1) is 0 Å². The van der Waals surface area contributed by atoms with E-state index in [9.17, 15) is 14.7 Å². The molecular formula is C30H37N5O4. The number of carbonyl (C=O) groups excluding carboxylic acids is 2. The van der Waals surface area contributed by atoms with Crippen molar-refractivity contribution in [3.63, 3.8) is 0 Å². The molecule has 9 heteroatoms. The van der Waals surface area contributed by atoms with Gasteiger partial charge in [-0.25, -0.2) is 4.98 Å². The van der Waals surface area contributed by atoms with E-state index in [1.807, 2.05) is 49.4 Å². The van der Waals surface area contributed by atoms with Gasteiger partial charge in [0.25, 0.3) is 5.91 Å². The largest absolute Gasteiger partial charge is 0.481 e. The van der Waals surface area contributed by atoms with Crippen molar-refractivity contribution in [2.45, 2.75) is 44.9 Å². The molecule has 0 unspecified atom stereocenters. The van der Waals surface area contributed by atoms with Crippen LogP contribution in [-0.4, -0.2) is 60.8 Å². The van der Waals surface area contributed by atoms with Crippen LogP contribution in [0.3, 0.4) is 0 Å². The van der Waals surface area contributed by atoms with Gasteiger partial charge >= 0.3 is 0 Å². The van der Waals surface area contributed by atoms with Crippen LogP contribution in [0.5, 0.6) is 5.88 Å². The number of anilines is 2. The standard InChI is InChI=1S/C30H37N5O4/c1-3-32-24-15-23(16-25(17-24)35-13-7-10-29(35)37)30(38)34-26(14-21-8-5-4-6-9-21)27(36)20-31-18-22-11-12-28(39-2)33-19-22/h4-6,8-9,11-12,15-17,19,26-27,31-32,36H,3,7,10,13-14,18,20H2,1-2H3,(H,34,38)/t26-,27-/m0/s1. The molecule has 0 radical (unpaired) electrons. The van der Waals surface area contributed by atoms with E-state index in [0.29, 0.717) is 49.6 Å². The summed E-state index contributed by atoms with van der Waals surface area (Å²) in [5, 5.41) is 20.7. The SMILES string of the molecule is CCNc1cc(C(=O)N[C@@H](Cc2ccccc2)[C@@H](O)CNCc2ccc(OC)nc2)cc(N2CCCC2=O)c1. The fraction of sp³-hybridized carbons (Fsp3) is 0.367. The lowest BCUT2D eigenvalue weighted by molar-refractivity contribution is -0.117. The normalized spacial score (nSPS) is 14.6. The van der Waals surface area contributed by atoms with E-state index in [1.165, 1.54) is 0 Å². The monoisotopic (exact) mass is 531 g/mol. The van der Waals surface area contributed by atoms with Crippen molar-refractivity contribution in [1.82, 2.24) is 15.6 Å². The number of amides is 2. The smallest absolute Gasteiger partial charge is 0.251 e. The van der Waals surface area contributed by atoms with Crippen molar-refractivity contribution >= 4 is 23.2 Å². The van der Waals surface area contributed by atoms with Crippen molar-refractivity contribution in [3.8, 4) is 5.88 Å². The zero-order chi connectivity index (χ0) is 27.6. The first kappa shape index (κ1) is 28.1. The highest BCUT2D eigenvalue weighted by Crippen LogP contribution is 2.27. The Hall–Kier alpha value is -3.95. The molecule has 0 aliphatic carbocycles. The molecule has 39 heavy (non-hydrogen) atoms. The maximum absolute atomic E-state index is 13.5. The van der Waals surface area contributed by atoms with E-state index < -0.39 is 12.1 Å². The second-order valence-electron chi connectivity index (χ2n) is 9.62. The summed E-state index contributed by atoms with van der Waals surface area (Å²) in [4.78, 5) is 31.8. The minimum atomic E-state index is -0.850. The first-order chi connectivity index (χ1) is 19.0. The van der Waals surface area contributed by atoms with E-state index in [-0.39, 0.29) is 18.4 Å². The van der Waals surface area contributed by atoms with Crippen LogP contribution < -0.4 is 25.6 Å². The number of hydrogen-bond donors (Lipinski definition) is 4. The summed E-state index contributed by atoms with van der Waals surface area (Å²) in [6.45, 7) is 4.09. The van der Waals surface area contributed by atoms with Crippen LogP contribution in [0.4, 0.5) is 11.4 Å². The highest BCUT2D eigenvalue weighted by molar-refractivity contribution is 6.00. The van der Waals surface area contributed by atoms with Crippen molar-refractivity contribution in [3.05, 3.63) is 83.6 Å². The topological polar surface area (TPSA) is 116 Å². The van der Waals surface area contributed by atoms with Crippen LogP contribution in [0.2, 0.25) is 0 Å². The first-order valence-electron chi connectivity index (χ1n) is 13.4. The first-order valence-corrected chi connectivity index (χ1v) is 13.4. The molecule has 1 saturated heterocycles. The van der Waals surface area contributed by atoms with Gasteiger partial charge in [-0.1, -0.05) is 36.4 Å². The summed E-state index contributed by atoms with van der Waals surface area (Å²) < 4.78 is 5.10. The number of pyridine rings is 1. The molecule has 2 amide bonds. The lowest BCUT2D eigenvalue weighted by Gasteiger charge is -2.25. The zero-order valence-corrected chi connectivity index (χ0v) is 22.5. The molecule has 1 aliphatic rings. The molecule has 4 rings (SSSR count). The molecule has 0 bridgehead atoms. The summed E-state index contributed by atoms with van der Waals surface area (Å²) in [6, 6.07) is 18.4. The van der Waals surface area contributed by atoms with Crippen LogP contribution in [0, 0.1) is 0 Å². The van der Waals surface area contributed by atoms with Gasteiger partial charge in [-0.3, -0.25) is 9.59 Å². The van der Waals surface area contributed by atoms with E-state index in [1.54, 1.807) is 36.4 Å². The minimum Gasteiger partial charge on any atom is -0.481 e. The van der Waals surface area contributed by atoms with Crippen molar-refractivity contribution in [1.29, 1.82) is 0 Å². The quantitative estimate of drug-likeness (QED) is 0.268. The Morgan fingerprint density at radius 2 is 1.95 bits per heavy atom. The Balaban J connectivity index is 1.48. The molecule has 206 valence electrons. The Morgan fingerprint density at radius 1 is 1.13 bits per heavy atom. The predicted molar refractivity (Wildman–Crippen MR) is 152 cm³/mol. The van der Waals surface area contributed by atoms with E-state index in [2.05, 4.69) is 20.9 Å². The Morgan fingerprint density at radius 3 is 2.62 bits per heavy atom. The molecule has 0 saturated carbocycles. The summed E-state index contributed by atoms with van der Waals surface area (Å²) in [5.74, 6) is 0.299. The molecule has 2 atom stereocenters. The number of aromatic nitrogens is 1. The molecule has 9 nitrogen and oxygen atoms in total. The second-order valence-corrected chi connectivity index (χ2v) is 9.62. The molecule has 0 spiro atoms. The van der Waals surface area contributed by atoms with E-state index in [4.69, 9.17) is 4.74 Å². The lowest BCUT2D eigenvalue weighted by Crippen LogP contribution is -2.48. The van der Waals surface area contributed by atoms with Gasteiger partial charge in [0.1, 0.15) is 0 Å². The summed E-state index contributed by atoms with van der Waals surface area (Å²) in [7, 11) is 1.57. The molecule has 3 aromatic rings. The second kappa shape index (κ2) is 13.7. The molecule has 4 N–H and O–H groups in total. The summed E-state index contributed by atoms with van der Waals surface area (Å²) in [6.07, 6.45) is 2.65. The van der Waals surface area contributed by atoms with Gasteiger partial charge in [-0.2, -0.15) is 0 Å². The summed E-state index contributed by atoms with van der Waals surface area (Å²) >= 11 is 0. The highest BCUT2D eigenvalue weighted by Gasteiger charge is 2.25. The third kappa shape index (κ3) is 7.78. The van der Waals surface area contributed by atoms with Crippen LogP contribution >= 0.6 is 0 Å². The average molecular weight is 532 g/mol. The maximum Gasteiger partial charge on any atom is 0.251 e.